The maximum absolute atomic E-state index is 5.24. The minimum absolute atomic E-state index is 0.289. The van der Waals surface area contributed by atoms with Crippen LogP contribution in [0, 0.1) is 0 Å². The molecule has 0 aliphatic heterocycles. The van der Waals surface area contributed by atoms with Crippen LogP contribution in [0.2, 0.25) is 0 Å². The zero-order chi connectivity index (χ0) is 13.8. The van der Waals surface area contributed by atoms with Crippen molar-refractivity contribution in [3.05, 3.63) is 33.7 Å². The molecule has 1 N–H and O–H groups in total. The first-order chi connectivity index (χ1) is 9.15. The Kier molecular flexibility index (Phi) is 4.96. The van der Waals surface area contributed by atoms with Crippen LogP contribution in [0.4, 0.5) is 0 Å². The summed E-state index contributed by atoms with van der Waals surface area (Å²) in [6.45, 7) is 5.18. The van der Waals surface area contributed by atoms with Crippen LogP contribution in [0.5, 0.6) is 5.75 Å². The van der Waals surface area contributed by atoms with Gasteiger partial charge in [-0.3, -0.25) is 0 Å². The Morgan fingerprint density at radius 1 is 1.47 bits per heavy atom. The fourth-order valence-electron chi connectivity index (χ4n) is 1.83. The second-order valence-corrected chi connectivity index (χ2v) is 5.92. The first-order valence-electron chi connectivity index (χ1n) is 6.18. The van der Waals surface area contributed by atoms with Gasteiger partial charge in [0.05, 0.1) is 17.3 Å². The fraction of sp³-hybridized carbons (Fsp3) is 0.357. The third-order valence-corrected chi connectivity index (χ3v) is 4.40. The van der Waals surface area contributed by atoms with Crippen LogP contribution in [-0.4, -0.2) is 18.6 Å². The molecule has 0 radical (unpaired) electrons. The van der Waals surface area contributed by atoms with Crippen LogP contribution in [0.1, 0.15) is 25.6 Å². The van der Waals surface area contributed by atoms with Crippen molar-refractivity contribution in [2.45, 2.75) is 19.9 Å². The number of methoxy groups -OCH3 is 1. The van der Waals surface area contributed by atoms with Crippen molar-refractivity contribution in [3.63, 3.8) is 0 Å². The van der Waals surface area contributed by atoms with Gasteiger partial charge < -0.3 is 10.1 Å². The third kappa shape index (κ3) is 3.35. The van der Waals surface area contributed by atoms with Crippen LogP contribution in [0.3, 0.4) is 0 Å². The minimum Gasteiger partial charge on any atom is -0.496 e. The van der Waals surface area contributed by atoms with Crippen molar-refractivity contribution in [2.24, 2.45) is 0 Å². The van der Waals surface area contributed by atoms with Crippen LogP contribution >= 0.6 is 27.3 Å². The largest absolute Gasteiger partial charge is 0.496 e. The van der Waals surface area contributed by atoms with E-state index in [1.807, 2.05) is 18.2 Å². The molecule has 2 rings (SSSR count). The van der Waals surface area contributed by atoms with Crippen molar-refractivity contribution < 1.29 is 4.74 Å². The molecule has 102 valence electrons. The standard InChI is InChI=1S/C14H17BrN2OS/c1-4-16-9(2)12-8-19-14(17-12)10-5-6-13(18-3)11(15)7-10/h5-9,16H,4H2,1-3H3. The highest BCUT2D eigenvalue weighted by atomic mass is 79.9. The zero-order valence-electron chi connectivity index (χ0n) is 11.2. The molecule has 0 aliphatic rings. The molecule has 0 spiro atoms. The van der Waals surface area contributed by atoms with Gasteiger partial charge in [0.1, 0.15) is 10.8 Å². The molecule has 0 saturated carbocycles. The van der Waals surface area contributed by atoms with E-state index >= 15 is 0 Å². The highest BCUT2D eigenvalue weighted by molar-refractivity contribution is 9.10. The van der Waals surface area contributed by atoms with Gasteiger partial charge in [0.25, 0.3) is 0 Å². The van der Waals surface area contributed by atoms with Crippen LogP contribution in [-0.2, 0) is 0 Å². The lowest BCUT2D eigenvalue weighted by molar-refractivity contribution is 0.412. The average Bonchev–Trinajstić information content (AvgIpc) is 2.88. The molecule has 3 nitrogen and oxygen atoms in total. The van der Waals surface area contributed by atoms with Crippen molar-refractivity contribution in [1.82, 2.24) is 10.3 Å². The Hall–Kier alpha value is -0.910. The van der Waals surface area contributed by atoms with E-state index < -0.39 is 0 Å². The van der Waals surface area contributed by atoms with E-state index in [-0.39, 0.29) is 6.04 Å². The van der Waals surface area contributed by atoms with Crippen molar-refractivity contribution in [2.75, 3.05) is 13.7 Å². The SMILES string of the molecule is CCNC(C)c1csc(-c2ccc(OC)c(Br)c2)n1. The van der Waals surface area contributed by atoms with E-state index in [1.54, 1.807) is 18.4 Å². The molecule has 0 saturated heterocycles. The number of nitrogens with zero attached hydrogens (tertiary/aromatic N) is 1. The Labute approximate surface area is 126 Å². The highest BCUT2D eigenvalue weighted by Crippen LogP contribution is 2.32. The normalized spacial score (nSPS) is 12.4. The number of thiazole rings is 1. The van der Waals surface area contributed by atoms with E-state index in [9.17, 15) is 0 Å². The summed E-state index contributed by atoms with van der Waals surface area (Å²) < 4.78 is 6.19. The monoisotopic (exact) mass is 340 g/mol. The number of rotatable bonds is 5. The number of nitrogens with one attached hydrogen (secondary N) is 1. The van der Waals surface area contributed by atoms with Gasteiger partial charge >= 0.3 is 0 Å². The number of hydrogen-bond donors (Lipinski definition) is 1. The summed E-state index contributed by atoms with van der Waals surface area (Å²) in [4.78, 5) is 4.69. The molecule has 0 fully saturated rings. The topological polar surface area (TPSA) is 34.1 Å². The summed E-state index contributed by atoms with van der Waals surface area (Å²) >= 11 is 5.17. The van der Waals surface area contributed by atoms with E-state index in [4.69, 9.17) is 9.72 Å². The van der Waals surface area contributed by atoms with Gasteiger partial charge in [0.2, 0.25) is 0 Å². The van der Waals surface area contributed by atoms with Crippen molar-refractivity contribution >= 4 is 27.3 Å². The number of ether oxygens (including phenoxy) is 1. The molecule has 1 atom stereocenters. The van der Waals surface area contributed by atoms with Gasteiger partial charge in [-0.25, -0.2) is 4.98 Å². The Morgan fingerprint density at radius 2 is 2.26 bits per heavy atom. The van der Waals surface area contributed by atoms with Gasteiger partial charge in [0, 0.05) is 17.0 Å². The first kappa shape index (κ1) is 14.5. The molecule has 2 aromatic rings. The molecule has 19 heavy (non-hydrogen) atoms. The lowest BCUT2D eigenvalue weighted by atomic mass is 10.2. The van der Waals surface area contributed by atoms with Gasteiger partial charge in [0.15, 0.2) is 0 Å². The highest BCUT2D eigenvalue weighted by Gasteiger charge is 2.11. The number of aromatic nitrogens is 1. The molecular weight excluding hydrogens is 324 g/mol. The van der Waals surface area contributed by atoms with E-state index in [2.05, 4.69) is 40.5 Å². The maximum atomic E-state index is 5.24. The third-order valence-electron chi connectivity index (χ3n) is 2.87. The summed E-state index contributed by atoms with van der Waals surface area (Å²) in [6.07, 6.45) is 0. The average molecular weight is 341 g/mol. The molecule has 1 aromatic heterocycles. The van der Waals surface area contributed by atoms with Gasteiger partial charge in [-0.1, -0.05) is 6.92 Å². The summed E-state index contributed by atoms with van der Waals surface area (Å²) in [5, 5.41) is 6.51. The Morgan fingerprint density at radius 3 is 2.89 bits per heavy atom. The molecule has 0 amide bonds. The Bertz CT molecular complexity index is 556. The predicted octanol–water partition coefficient (Wildman–Crippen LogP) is 4.25. The summed E-state index contributed by atoms with van der Waals surface area (Å²) in [5.41, 5.74) is 2.20. The van der Waals surface area contributed by atoms with Crippen LogP contribution < -0.4 is 10.1 Å². The summed E-state index contributed by atoms with van der Waals surface area (Å²) in [6, 6.07) is 6.31. The van der Waals surface area contributed by atoms with E-state index in [0.29, 0.717) is 0 Å². The second-order valence-electron chi connectivity index (χ2n) is 4.21. The smallest absolute Gasteiger partial charge is 0.133 e. The van der Waals surface area contributed by atoms with E-state index in [1.165, 1.54) is 0 Å². The molecule has 5 heteroatoms. The fourth-order valence-corrected chi connectivity index (χ4v) is 3.28. The van der Waals surface area contributed by atoms with Gasteiger partial charge in [-0.05, 0) is 47.6 Å². The van der Waals surface area contributed by atoms with Gasteiger partial charge in [-0.2, -0.15) is 0 Å². The number of halogens is 1. The number of benzene rings is 1. The quantitative estimate of drug-likeness (QED) is 0.883. The second kappa shape index (κ2) is 6.50. The molecule has 1 unspecified atom stereocenters. The lowest BCUT2D eigenvalue weighted by Gasteiger charge is -2.08. The molecule has 0 aliphatic carbocycles. The molecular formula is C14H17BrN2OS. The van der Waals surface area contributed by atoms with Gasteiger partial charge in [-0.15, -0.1) is 11.3 Å². The van der Waals surface area contributed by atoms with Crippen LogP contribution in [0.15, 0.2) is 28.1 Å². The number of hydrogen-bond acceptors (Lipinski definition) is 4. The minimum atomic E-state index is 0.289. The first-order valence-corrected chi connectivity index (χ1v) is 7.85. The molecule has 1 aromatic carbocycles. The zero-order valence-corrected chi connectivity index (χ0v) is 13.6. The molecule has 1 heterocycles. The molecule has 0 bridgehead atoms. The Balaban J connectivity index is 2.25. The summed E-state index contributed by atoms with van der Waals surface area (Å²) in [7, 11) is 1.67. The van der Waals surface area contributed by atoms with Crippen LogP contribution in [0.25, 0.3) is 10.6 Å². The van der Waals surface area contributed by atoms with Crippen molar-refractivity contribution in [1.29, 1.82) is 0 Å². The van der Waals surface area contributed by atoms with Crippen molar-refractivity contribution in [3.8, 4) is 16.3 Å². The summed E-state index contributed by atoms with van der Waals surface area (Å²) in [5.74, 6) is 0.835. The lowest BCUT2D eigenvalue weighted by Crippen LogP contribution is -2.17. The maximum Gasteiger partial charge on any atom is 0.133 e. The predicted molar refractivity (Wildman–Crippen MR) is 83.9 cm³/mol. The van der Waals surface area contributed by atoms with E-state index in [0.717, 1.165) is 33.0 Å².